The van der Waals surface area contributed by atoms with E-state index in [1.165, 1.54) is 12.8 Å². The quantitative estimate of drug-likeness (QED) is 0.792. The molecule has 102 valence electrons. The van der Waals surface area contributed by atoms with E-state index >= 15 is 0 Å². The molecule has 1 atom stereocenters. The molecule has 0 saturated carbocycles. The molecule has 1 saturated heterocycles. The minimum absolute atomic E-state index is 0.158. The van der Waals surface area contributed by atoms with E-state index in [2.05, 4.69) is 10.3 Å². The zero-order valence-electron chi connectivity index (χ0n) is 11.2. The number of carbonyl (C=O) groups excluding carboxylic acids is 1. The van der Waals surface area contributed by atoms with Crippen LogP contribution in [0.4, 0.5) is 0 Å². The number of nitrogens with zero attached hydrogens (tertiary/aromatic N) is 2. The fourth-order valence-electron chi connectivity index (χ4n) is 2.36. The molecule has 1 unspecified atom stereocenters. The Morgan fingerprint density at radius 1 is 1.33 bits per heavy atom. The lowest BCUT2D eigenvalue weighted by Crippen LogP contribution is -2.50. The van der Waals surface area contributed by atoms with E-state index < -0.39 is 0 Å². The van der Waals surface area contributed by atoms with Crippen LogP contribution in [0.15, 0.2) is 4.99 Å². The molecule has 0 aromatic carbocycles. The van der Waals surface area contributed by atoms with Gasteiger partial charge in [0.1, 0.15) is 6.04 Å². The summed E-state index contributed by atoms with van der Waals surface area (Å²) < 4.78 is 5.26. The summed E-state index contributed by atoms with van der Waals surface area (Å²) in [6, 6.07) is -0.181. The van der Waals surface area contributed by atoms with Crippen LogP contribution in [0.25, 0.3) is 0 Å². The molecule has 1 fully saturated rings. The molecule has 2 rings (SSSR count). The van der Waals surface area contributed by atoms with Gasteiger partial charge in [-0.3, -0.25) is 9.79 Å². The maximum Gasteiger partial charge on any atom is 0.244 e. The monoisotopic (exact) mass is 253 g/mol. The van der Waals surface area contributed by atoms with Gasteiger partial charge in [0, 0.05) is 26.1 Å². The zero-order valence-corrected chi connectivity index (χ0v) is 11.2. The summed E-state index contributed by atoms with van der Waals surface area (Å²) >= 11 is 0. The predicted octanol–water partition coefficient (Wildman–Crippen LogP) is 0.796. The Bertz CT molecular complexity index is 311. The molecule has 1 amide bonds. The molecule has 0 bridgehead atoms. The Hall–Kier alpha value is -1.10. The fourth-order valence-corrected chi connectivity index (χ4v) is 2.36. The molecule has 0 aromatic rings. The number of aliphatic imine (C=N–C) groups is 1. The molecule has 2 heterocycles. The van der Waals surface area contributed by atoms with Crippen molar-refractivity contribution in [3.8, 4) is 0 Å². The Balaban J connectivity index is 1.84. The summed E-state index contributed by atoms with van der Waals surface area (Å²) in [5, 5.41) is 3.27. The highest BCUT2D eigenvalue weighted by atomic mass is 16.5. The third-order valence-corrected chi connectivity index (χ3v) is 3.45. The maximum absolute atomic E-state index is 12.2. The number of carbonyl (C=O) groups is 1. The van der Waals surface area contributed by atoms with Gasteiger partial charge in [0.15, 0.2) is 0 Å². The first-order chi connectivity index (χ1) is 8.77. The molecule has 1 N–H and O–H groups in total. The highest BCUT2D eigenvalue weighted by Gasteiger charge is 2.23. The smallest absolute Gasteiger partial charge is 0.244 e. The number of amidine groups is 1. The molecular formula is C13H23N3O2. The lowest BCUT2D eigenvalue weighted by molar-refractivity contribution is -0.136. The van der Waals surface area contributed by atoms with Gasteiger partial charge in [-0.2, -0.15) is 0 Å². The van der Waals surface area contributed by atoms with Gasteiger partial charge in [0.2, 0.25) is 5.91 Å². The van der Waals surface area contributed by atoms with Gasteiger partial charge in [-0.05, 0) is 19.8 Å². The van der Waals surface area contributed by atoms with Crippen LogP contribution in [0.1, 0.15) is 32.6 Å². The van der Waals surface area contributed by atoms with Crippen LogP contribution in [-0.2, 0) is 9.53 Å². The van der Waals surface area contributed by atoms with E-state index in [1.807, 2.05) is 11.8 Å². The lowest BCUT2D eigenvalue weighted by atomic mass is 10.2. The summed E-state index contributed by atoms with van der Waals surface area (Å²) in [7, 11) is 0. The van der Waals surface area contributed by atoms with Gasteiger partial charge in [0.25, 0.3) is 0 Å². The molecule has 0 spiro atoms. The topological polar surface area (TPSA) is 53.9 Å². The summed E-state index contributed by atoms with van der Waals surface area (Å²) in [5.74, 6) is 1.16. The number of nitrogens with one attached hydrogen (secondary N) is 1. The second-order valence-electron chi connectivity index (χ2n) is 4.94. The van der Waals surface area contributed by atoms with Gasteiger partial charge >= 0.3 is 0 Å². The van der Waals surface area contributed by atoms with E-state index in [0.29, 0.717) is 26.3 Å². The third-order valence-electron chi connectivity index (χ3n) is 3.45. The van der Waals surface area contributed by atoms with Crippen molar-refractivity contribution in [3.63, 3.8) is 0 Å². The van der Waals surface area contributed by atoms with Crippen molar-refractivity contribution >= 4 is 11.7 Å². The molecule has 5 nitrogen and oxygen atoms in total. The summed E-state index contributed by atoms with van der Waals surface area (Å²) in [4.78, 5) is 18.6. The standard InChI is InChI=1S/C13H23N3O2/c1-11(13(17)16-7-9-18-10-8-16)15-12-5-3-2-4-6-14-12/h11H,2-10H2,1H3,(H,14,15). The van der Waals surface area contributed by atoms with E-state index in [9.17, 15) is 4.79 Å². The summed E-state index contributed by atoms with van der Waals surface area (Å²) in [6.45, 7) is 5.53. The predicted molar refractivity (Wildman–Crippen MR) is 70.8 cm³/mol. The van der Waals surface area contributed by atoms with E-state index in [4.69, 9.17) is 4.74 Å². The van der Waals surface area contributed by atoms with Crippen molar-refractivity contribution in [2.24, 2.45) is 4.99 Å². The fraction of sp³-hybridized carbons (Fsp3) is 0.846. The van der Waals surface area contributed by atoms with E-state index in [1.54, 1.807) is 0 Å². The normalized spacial score (nSPS) is 22.9. The molecule has 5 heteroatoms. The van der Waals surface area contributed by atoms with E-state index in [-0.39, 0.29) is 11.9 Å². The highest BCUT2D eigenvalue weighted by Crippen LogP contribution is 2.07. The number of ether oxygens (including phenoxy) is 1. The average molecular weight is 253 g/mol. The van der Waals surface area contributed by atoms with Crippen LogP contribution < -0.4 is 5.32 Å². The van der Waals surface area contributed by atoms with Gasteiger partial charge in [0.05, 0.1) is 19.0 Å². The minimum atomic E-state index is -0.181. The number of hydrogen-bond donors (Lipinski definition) is 1. The van der Waals surface area contributed by atoms with Crippen molar-refractivity contribution in [1.82, 2.24) is 10.2 Å². The largest absolute Gasteiger partial charge is 0.378 e. The molecule has 0 radical (unpaired) electrons. The number of morpholine rings is 1. The Labute approximate surface area is 109 Å². The average Bonchev–Trinajstić information content (AvgIpc) is 2.67. The number of amides is 1. The van der Waals surface area contributed by atoms with Crippen LogP contribution in [0.5, 0.6) is 0 Å². The third kappa shape index (κ3) is 3.70. The second-order valence-corrected chi connectivity index (χ2v) is 4.94. The minimum Gasteiger partial charge on any atom is -0.378 e. The van der Waals surface area contributed by atoms with Gasteiger partial charge < -0.3 is 15.0 Å². The van der Waals surface area contributed by atoms with Crippen LogP contribution in [-0.4, -0.2) is 55.5 Å². The van der Waals surface area contributed by atoms with Crippen molar-refractivity contribution in [2.45, 2.75) is 38.6 Å². The molecule has 2 aliphatic rings. The van der Waals surface area contributed by atoms with Crippen molar-refractivity contribution in [3.05, 3.63) is 0 Å². The van der Waals surface area contributed by atoms with Gasteiger partial charge in [-0.1, -0.05) is 6.42 Å². The molecule has 2 aliphatic heterocycles. The Kier molecular flexibility index (Phi) is 4.99. The molecule has 0 aliphatic carbocycles. The van der Waals surface area contributed by atoms with Crippen molar-refractivity contribution in [2.75, 3.05) is 32.8 Å². The Morgan fingerprint density at radius 2 is 2.11 bits per heavy atom. The summed E-state index contributed by atoms with van der Waals surface area (Å²) in [5.41, 5.74) is 0. The number of rotatable bonds is 2. The summed E-state index contributed by atoms with van der Waals surface area (Å²) in [6.07, 6.45) is 4.54. The maximum atomic E-state index is 12.2. The van der Waals surface area contributed by atoms with Crippen LogP contribution >= 0.6 is 0 Å². The first kappa shape index (κ1) is 13.3. The number of hydrogen-bond acceptors (Lipinski definition) is 4. The SMILES string of the molecule is CC(NC1=NCCCCC1)C(=O)N1CCOCC1. The Morgan fingerprint density at radius 3 is 2.89 bits per heavy atom. The first-order valence-corrected chi connectivity index (χ1v) is 6.94. The van der Waals surface area contributed by atoms with Crippen molar-refractivity contribution in [1.29, 1.82) is 0 Å². The lowest BCUT2D eigenvalue weighted by Gasteiger charge is -2.29. The zero-order chi connectivity index (χ0) is 12.8. The molecular weight excluding hydrogens is 230 g/mol. The van der Waals surface area contributed by atoms with Crippen molar-refractivity contribution < 1.29 is 9.53 Å². The highest BCUT2D eigenvalue weighted by molar-refractivity contribution is 5.89. The second kappa shape index (κ2) is 6.73. The van der Waals surface area contributed by atoms with Crippen LogP contribution in [0, 0.1) is 0 Å². The van der Waals surface area contributed by atoms with Gasteiger partial charge in [-0.15, -0.1) is 0 Å². The van der Waals surface area contributed by atoms with Crippen LogP contribution in [0.3, 0.4) is 0 Å². The van der Waals surface area contributed by atoms with E-state index in [0.717, 1.165) is 25.2 Å². The molecule has 0 aromatic heterocycles. The van der Waals surface area contributed by atoms with Crippen LogP contribution in [0.2, 0.25) is 0 Å². The van der Waals surface area contributed by atoms with Gasteiger partial charge in [-0.25, -0.2) is 0 Å². The first-order valence-electron chi connectivity index (χ1n) is 6.94. The molecule has 18 heavy (non-hydrogen) atoms.